The zero-order chi connectivity index (χ0) is 14.4. The Hall–Kier alpha value is -1.59. The van der Waals surface area contributed by atoms with E-state index in [-0.39, 0.29) is 12.0 Å². The molecule has 20 heavy (non-hydrogen) atoms. The lowest BCUT2D eigenvalue weighted by molar-refractivity contribution is -0.135. The van der Waals surface area contributed by atoms with Crippen molar-refractivity contribution in [3.8, 4) is 0 Å². The minimum absolute atomic E-state index is 0.0214. The second kappa shape index (κ2) is 7.26. The number of fused-ring (bicyclic) bond motifs is 1. The summed E-state index contributed by atoms with van der Waals surface area (Å²) in [6.07, 6.45) is 0.399. The van der Waals surface area contributed by atoms with Gasteiger partial charge >= 0.3 is 0 Å². The van der Waals surface area contributed by atoms with Crippen molar-refractivity contribution in [2.24, 2.45) is 0 Å². The number of ether oxygens (including phenoxy) is 2. The molecule has 0 aromatic heterocycles. The fraction of sp³-hybridized carbons (Fsp3) is 0.533. The number of benzene rings is 1. The van der Waals surface area contributed by atoms with Crippen molar-refractivity contribution in [2.75, 3.05) is 32.1 Å². The molecule has 1 aromatic carbocycles. The lowest BCUT2D eigenvalue weighted by atomic mass is 10.0. The minimum Gasteiger partial charge on any atom is -0.383 e. The van der Waals surface area contributed by atoms with Crippen LogP contribution in [0.5, 0.6) is 0 Å². The lowest BCUT2D eigenvalue weighted by Gasteiger charge is -2.28. The van der Waals surface area contributed by atoms with Crippen LogP contribution in [0.2, 0.25) is 0 Å². The zero-order valence-corrected chi connectivity index (χ0v) is 12.0. The molecule has 0 aliphatic carbocycles. The van der Waals surface area contributed by atoms with E-state index in [9.17, 15) is 4.79 Å². The molecule has 2 N–H and O–H groups in total. The number of carbonyl (C=O) groups excluding carboxylic acids is 1. The Bertz CT molecular complexity index is 450. The Morgan fingerprint density at radius 3 is 3.10 bits per heavy atom. The van der Waals surface area contributed by atoms with E-state index < -0.39 is 6.10 Å². The maximum Gasteiger partial charge on any atom is 0.248 e. The molecule has 0 spiro atoms. The quantitative estimate of drug-likeness (QED) is 0.767. The number of carbonyl (C=O) groups is 1. The van der Waals surface area contributed by atoms with Gasteiger partial charge < -0.3 is 20.1 Å². The molecule has 0 fully saturated rings. The van der Waals surface area contributed by atoms with Gasteiger partial charge in [-0.15, -0.1) is 0 Å². The van der Waals surface area contributed by atoms with E-state index in [4.69, 9.17) is 9.47 Å². The predicted octanol–water partition coefficient (Wildman–Crippen LogP) is 1.19. The molecule has 2 atom stereocenters. The van der Waals surface area contributed by atoms with Gasteiger partial charge in [0.15, 0.2) is 0 Å². The highest BCUT2D eigenvalue weighted by Crippen LogP contribution is 2.22. The number of methoxy groups -OCH3 is 1. The van der Waals surface area contributed by atoms with E-state index in [0.29, 0.717) is 13.2 Å². The van der Waals surface area contributed by atoms with Crippen LogP contribution in [-0.4, -0.2) is 44.9 Å². The van der Waals surface area contributed by atoms with Crippen LogP contribution in [0, 0.1) is 0 Å². The second-order valence-electron chi connectivity index (χ2n) is 4.93. The van der Waals surface area contributed by atoms with Crippen LogP contribution < -0.4 is 10.6 Å². The summed E-state index contributed by atoms with van der Waals surface area (Å²) in [5.41, 5.74) is 2.39. The van der Waals surface area contributed by atoms with E-state index in [1.54, 1.807) is 14.0 Å². The summed E-state index contributed by atoms with van der Waals surface area (Å²) in [6, 6.07) is 8.18. The van der Waals surface area contributed by atoms with Crippen LogP contribution in [0.4, 0.5) is 5.69 Å². The van der Waals surface area contributed by atoms with Crippen molar-refractivity contribution < 1.29 is 14.3 Å². The fourth-order valence-corrected chi connectivity index (χ4v) is 2.28. The molecule has 1 aliphatic rings. The summed E-state index contributed by atoms with van der Waals surface area (Å²) < 4.78 is 10.7. The number of hydrogen-bond acceptors (Lipinski definition) is 4. The number of nitrogens with one attached hydrogen (secondary N) is 2. The van der Waals surface area contributed by atoms with Crippen molar-refractivity contribution in [3.63, 3.8) is 0 Å². The van der Waals surface area contributed by atoms with E-state index in [2.05, 4.69) is 22.8 Å². The Kier molecular flexibility index (Phi) is 5.38. The molecule has 1 aliphatic heterocycles. The molecule has 5 nitrogen and oxygen atoms in total. The third-order valence-corrected chi connectivity index (χ3v) is 3.36. The summed E-state index contributed by atoms with van der Waals surface area (Å²) in [6.45, 7) is 3.53. The lowest BCUT2D eigenvalue weighted by Crippen LogP contribution is -2.41. The molecule has 1 amide bonds. The second-order valence-corrected chi connectivity index (χ2v) is 4.93. The van der Waals surface area contributed by atoms with Crippen molar-refractivity contribution >= 4 is 11.6 Å². The van der Waals surface area contributed by atoms with Gasteiger partial charge in [0.1, 0.15) is 6.10 Å². The predicted molar refractivity (Wildman–Crippen MR) is 77.9 cm³/mol. The Morgan fingerprint density at radius 2 is 2.30 bits per heavy atom. The van der Waals surface area contributed by atoms with E-state index in [1.807, 2.05) is 12.1 Å². The number of rotatable bonds is 6. The highest BCUT2D eigenvalue weighted by atomic mass is 16.5. The molecule has 1 aromatic rings. The number of hydrogen-bond donors (Lipinski definition) is 2. The molecule has 110 valence electrons. The van der Waals surface area contributed by atoms with Crippen LogP contribution in [0.25, 0.3) is 0 Å². The first-order chi connectivity index (χ1) is 9.70. The van der Waals surface area contributed by atoms with Crippen LogP contribution in [-0.2, 0) is 20.7 Å². The first-order valence-electron chi connectivity index (χ1n) is 6.94. The molecule has 2 unspecified atom stereocenters. The standard InChI is InChI=1S/C15H22N2O3/c1-11(15(18)16-7-8-19-2)20-13-9-12-5-3-4-6-14(12)17-10-13/h3-6,11,13,17H,7-10H2,1-2H3,(H,16,18). The first-order valence-corrected chi connectivity index (χ1v) is 6.94. The SMILES string of the molecule is COCCNC(=O)C(C)OC1CNc2ccccc2C1. The third kappa shape index (κ3) is 3.95. The van der Waals surface area contributed by atoms with Gasteiger partial charge in [0.25, 0.3) is 0 Å². The molecule has 0 radical (unpaired) electrons. The average molecular weight is 278 g/mol. The maximum atomic E-state index is 11.8. The smallest absolute Gasteiger partial charge is 0.248 e. The number of para-hydroxylation sites is 1. The summed E-state index contributed by atoms with van der Waals surface area (Å²) >= 11 is 0. The molecule has 5 heteroatoms. The summed E-state index contributed by atoms with van der Waals surface area (Å²) in [5, 5.41) is 6.12. The summed E-state index contributed by atoms with van der Waals surface area (Å²) in [4.78, 5) is 11.8. The van der Waals surface area contributed by atoms with Crippen molar-refractivity contribution in [1.29, 1.82) is 0 Å². The van der Waals surface area contributed by atoms with Crippen LogP contribution in [0.1, 0.15) is 12.5 Å². The number of amides is 1. The Morgan fingerprint density at radius 1 is 1.50 bits per heavy atom. The van der Waals surface area contributed by atoms with E-state index in [0.717, 1.165) is 18.7 Å². The average Bonchev–Trinajstić information content (AvgIpc) is 2.47. The zero-order valence-electron chi connectivity index (χ0n) is 12.0. The molecule has 2 rings (SSSR count). The summed E-state index contributed by atoms with van der Waals surface area (Å²) in [7, 11) is 1.61. The van der Waals surface area contributed by atoms with E-state index >= 15 is 0 Å². The minimum atomic E-state index is -0.455. The highest BCUT2D eigenvalue weighted by Gasteiger charge is 2.23. The Balaban J connectivity index is 1.81. The van der Waals surface area contributed by atoms with Gasteiger partial charge in [-0.1, -0.05) is 18.2 Å². The van der Waals surface area contributed by atoms with E-state index in [1.165, 1.54) is 5.56 Å². The van der Waals surface area contributed by atoms with Gasteiger partial charge in [0.2, 0.25) is 5.91 Å². The molecular formula is C15H22N2O3. The first kappa shape index (κ1) is 14.8. The third-order valence-electron chi connectivity index (χ3n) is 3.36. The van der Waals surface area contributed by atoms with Crippen LogP contribution in [0.15, 0.2) is 24.3 Å². The summed E-state index contributed by atoms with van der Waals surface area (Å²) in [5.74, 6) is -0.0964. The normalized spacial score (nSPS) is 18.8. The Labute approximate surface area is 119 Å². The largest absolute Gasteiger partial charge is 0.383 e. The molecule has 1 heterocycles. The molecule has 0 saturated carbocycles. The molecule has 0 bridgehead atoms. The van der Waals surface area contributed by atoms with Gasteiger partial charge in [-0.2, -0.15) is 0 Å². The molecular weight excluding hydrogens is 256 g/mol. The number of anilines is 1. The van der Waals surface area contributed by atoms with Crippen LogP contribution >= 0.6 is 0 Å². The molecule has 0 saturated heterocycles. The van der Waals surface area contributed by atoms with Gasteiger partial charge in [0, 0.05) is 32.3 Å². The van der Waals surface area contributed by atoms with Crippen molar-refractivity contribution in [1.82, 2.24) is 5.32 Å². The topological polar surface area (TPSA) is 59.6 Å². The highest BCUT2D eigenvalue weighted by molar-refractivity contribution is 5.80. The van der Waals surface area contributed by atoms with Crippen molar-refractivity contribution in [3.05, 3.63) is 29.8 Å². The monoisotopic (exact) mass is 278 g/mol. The van der Waals surface area contributed by atoms with Gasteiger partial charge in [-0.3, -0.25) is 4.79 Å². The van der Waals surface area contributed by atoms with Gasteiger partial charge in [-0.25, -0.2) is 0 Å². The van der Waals surface area contributed by atoms with Crippen molar-refractivity contribution in [2.45, 2.75) is 25.6 Å². The van der Waals surface area contributed by atoms with Gasteiger partial charge in [0.05, 0.1) is 12.7 Å². The van der Waals surface area contributed by atoms with Crippen LogP contribution in [0.3, 0.4) is 0 Å². The van der Waals surface area contributed by atoms with Gasteiger partial charge in [-0.05, 0) is 18.6 Å². The fourth-order valence-electron chi connectivity index (χ4n) is 2.28. The maximum absolute atomic E-state index is 11.8.